The third-order valence-electron chi connectivity index (χ3n) is 3.50. The van der Waals surface area contributed by atoms with E-state index in [9.17, 15) is 0 Å². The number of rotatable bonds is 4. The van der Waals surface area contributed by atoms with E-state index < -0.39 is 0 Å². The van der Waals surface area contributed by atoms with Gasteiger partial charge in [0.05, 0.1) is 0 Å². The fourth-order valence-corrected chi connectivity index (χ4v) is 2.87. The number of hydrogen-bond donors (Lipinski definition) is 1. The lowest BCUT2D eigenvalue weighted by Crippen LogP contribution is -2.12. The van der Waals surface area contributed by atoms with Crippen molar-refractivity contribution >= 4 is 21.6 Å². The summed E-state index contributed by atoms with van der Waals surface area (Å²) in [6.07, 6.45) is 0. The van der Waals surface area contributed by atoms with Gasteiger partial charge in [-0.25, -0.2) is 4.98 Å². The van der Waals surface area contributed by atoms with Crippen molar-refractivity contribution in [2.75, 3.05) is 11.9 Å². The van der Waals surface area contributed by atoms with Gasteiger partial charge < -0.3 is 5.32 Å². The Labute approximate surface area is 129 Å². The molecule has 0 saturated heterocycles. The highest BCUT2D eigenvalue weighted by atomic mass is 79.9. The van der Waals surface area contributed by atoms with Gasteiger partial charge in [-0.1, -0.05) is 30.7 Å². The normalized spacial score (nSPS) is 12.2. The lowest BCUT2D eigenvalue weighted by molar-refractivity contribution is 0.768. The highest BCUT2D eigenvalue weighted by molar-refractivity contribution is 9.10. The van der Waals surface area contributed by atoms with Crippen molar-refractivity contribution in [3.05, 3.63) is 57.3 Å². The number of nitrogens with zero attached hydrogens (tertiary/aromatic N) is 1. The molecule has 0 aliphatic carbocycles. The maximum absolute atomic E-state index is 4.52. The zero-order valence-corrected chi connectivity index (χ0v) is 14.1. The van der Waals surface area contributed by atoms with E-state index in [1.54, 1.807) is 0 Å². The van der Waals surface area contributed by atoms with Crippen LogP contribution in [0.25, 0.3) is 0 Å². The lowest BCUT2D eigenvalue weighted by Gasteiger charge is -2.17. The van der Waals surface area contributed by atoms with E-state index in [-0.39, 0.29) is 0 Å². The molecule has 1 N–H and O–H groups in total. The van der Waals surface area contributed by atoms with E-state index in [1.165, 1.54) is 22.4 Å². The first-order chi connectivity index (χ1) is 9.47. The number of aromatic nitrogens is 1. The van der Waals surface area contributed by atoms with Crippen molar-refractivity contribution in [3.63, 3.8) is 0 Å². The summed E-state index contributed by atoms with van der Waals surface area (Å²) >= 11 is 3.43. The monoisotopic (exact) mass is 332 g/mol. The molecular formula is C17H21BrN2. The molecular weight excluding hydrogens is 312 g/mol. The second-order valence-corrected chi connectivity index (χ2v) is 6.25. The molecule has 0 saturated carbocycles. The fourth-order valence-electron chi connectivity index (χ4n) is 2.52. The Balaban J connectivity index is 2.09. The van der Waals surface area contributed by atoms with Gasteiger partial charge in [-0.15, -0.1) is 0 Å². The number of hydrogen-bond acceptors (Lipinski definition) is 2. The molecule has 0 fully saturated rings. The summed E-state index contributed by atoms with van der Waals surface area (Å²) in [5, 5.41) is 3.57. The maximum Gasteiger partial charge on any atom is 0.106 e. The SMILES string of the molecule is Cc1cc(C)c(NCC(C)c2cccc(Br)n2)c(C)c1. The lowest BCUT2D eigenvalue weighted by atomic mass is 10.0. The zero-order chi connectivity index (χ0) is 14.7. The van der Waals surface area contributed by atoms with Crippen molar-refractivity contribution in [1.29, 1.82) is 0 Å². The Morgan fingerprint density at radius 2 is 1.80 bits per heavy atom. The molecule has 0 bridgehead atoms. The molecule has 0 aliphatic heterocycles. The Kier molecular flexibility index (Phi) is 4.81. The van der Waals surface area contributed by atoms with E-state index in [0.717, 1.165) is 16.8 Å². The van der Waals surface area contributed by atoms with Gasteiger partial charge in [0, 0.05) is 23.8 Å². The maximum atomic E-state index is 4.52. The molecule has 0 amide bonds. The van der Waals surface area contributed by atoms with Gasteiger partial charge in [0.15, 0.2) is 0 Å². The summed E-state index contributed by atoms with van der Waals surface area (Å²) in [5.74, 6) is 0.368. The van der Waals surface area contributed by atoms with Gasteiger partial charge in [0.2, 0.25) is 0 Å². The van der Waals surface area contributed by atoms with E-state index in [1.807, 2.05) is 12.1 Å². The van der Waals surface area contributed by atoms with Crippen molar-refractivity contribution < 1.29 is 0 Å². The first kappa shape index (κ1) is 15.0. The third-order valence-corrected chi connectivity index (χ3v) is 3.95. The van der Waals surface area contributed by atoms with E-state index >= 15 is 0 Å². The van der Waals surface area contributed by atoms with Crippen LogP contribution < -0.4 is 5.32 Å². The molecule has 20 heavy (non-hydrogen) atoms. The smallest absolute Gasteiger partial charge is 0.106 e. The quantitative estimate of drug-likeness (QED) is 0.798. The van der Waals surface area contributed by atoms with E-state index in [2.05, 4.69) is 72.1 Å². The minimum Gasteiger partial charge on any atom is -0.384 e. The molecule has 2 aromatic rings. The molecule has 3 heteroatoms. The van der Waals surface area contributed by atoms with Crippen molar-refractivity contribution in [2.24, 2.45) is 0 Å². The molecule has 1 heterocycles. The predicted octanol–water partition coefficient (Wildman–Crippen LogP) is 4.98. The summed E-state index contributed by atoms with van der Waals surface area (Å²) in [7, 11) is 0. The molecule has 2 nitrogen and oxygen atoms in total. The second-order valence-electron chi connectivity index (χ2n) is 5.44. The second kappa shape index (κ2) is 6.40. The highest BCUT2D eigenvalue weighted by Gasteiger charge is 2.09. The Morgan fingerprint density at radius 1 is 1.15 bits per heavy atom. The number of benzene rings is 1. The minimum atomic E-state index is 0.368. The summed E-state index contributed by atoms with van der Waals surface area (Å²) in [6.45, 7) is 9.53. The average molecular weight is 333 g/mol. The molecule has 0 aliphatic rings. The Hall–Kier alpha value is -1.35. The number of nitrogens with one attached hydrogen (secondary N) is 1. The summed E-state index contributed by atoms with van der Waals surface area (Å²) in [4.78, 5) is 4.52. The molecule has 2 rings (SSSR count). The predicted molar refractivity (Wildman–Crippen MR) is 89.5 cm³/mol. The van der Waals surface area contributed by atoms with Gasteiger partial charge in [0.1, 0.15) is 4.60 Å². The van der Waals surface area contributed by atoms with Gasteiger partial charge >= 0.3 is 0 Å². The van der Waals surface area contributed by atoms with Crippen LogP contribution in [0.1, 0.15) is 35.2 Å². The first-order valence-corrected chi connectivity index (χ1v) is 7.71. The van der Waals surface area contributed by atoms with Crippen LogP contribution in [-0.4, -0.2) is 11.5 Å². The number of anilines is 1. The molecule has 1 atom stereocenters. The summed E-state index contributed by atoms with van der Waals surface area (Å²) in [5.41, 5.74) is 6.27. The molecule has 1 aromatic carbocycles. The highest BCUT2D eigenvalue weighted by Crippen LogP contribution is 2.23. The van der Waals surface area contributed by atoms with Gasteiger partial charge in [-0.05, 0) is 60.0 Å². The van der Waals surface area contributed by atoms with Crippen LogP contribution in [-0.2, 0) is 0 Å². The molecule has 1 aromatic heterocycles. The minimum absolute atomic E-state index is 0.368. The van der Waals surface area contributed by atoms with Crippen LogP contribution in [0.5, 0.6) is 0 Å². The zero-order valence-electron chi connectivity index (χ0n) is 12.5. The van der Waals surface area contributed by atoms with Crippen molar-refractivity contribution in [1.82, 2.24) is 4.98 Å². The summed E-state index contributed by atoms with van der Waals surface area (Å²) < 4.78 is 0.893. The van der Waals surface area contributed by atoms with Crippen LogP contribution in [0.15, 0.2) is 34.9 Å². The van der Waals surface area contributed by atoms with Crippen molar-refractivity contribution in [2.45, 2.75) is 33.6 Å². The van der Waals surface area contributed by atoms with E-state index in [4.69, 9.17) is 0 Å². The fraction of sp³-hybridized carbons (Fsp3) is 0.353. The Morgan fingerprint density at radius 3 is 2.40 bits per heavy atom. The topological polar surface area (TPSA) is 24.9 Å². The molecule has 1 unspecified atom stereocenters. The van der Waals surface area contributed by atoms with Crippen molar-refractivity contribution in [3.8, 4) is 0 Å². The molecule has 0 radical (unpaired) electrons. The first-order valence-electron chi connectivity index (χ1n) is 6.91. The summed E-state index contributed by atoms with van der Waals surface area (Å²) in [6, 6.07) is 10.5. The van der Waals surface area contributed by atoms with Crippen LogP contribution >= 0.6 is 15.9 Å². The number of aryl methyl sites for hydroxylation is 3. The van der Waals surface area contributed by atoms with Crippen LogP contribution in [0.4, 0.5) is 5.69 Å². The Bertz CT molecular complexity index is 585. The van der Waals surface area contributed by atoms with Gasteiger partial charge in [-0.3, -0.25) is 0 Å². The van der Waals surface area contributed by atoms with Crippen LogP contribution in [0.2, 0.25) is 0 Å². The number of pyridine rings is 1. The van der Waals surface area contributed by atoms with Gasteiger partial charge in [0.25, 0.3) is 0 Å². The van der Waals surface area contributed by atoms with E-state index in [0.29, 0.717) is 5.92 Å². The van der Waals surface area contributed by atoms with Crippen LogP contribution in [0.3, 0.4) is 0 Å². The third kappa shape index (κ3) is 3.60. The number of halogens is 1. The van der Waals surface area contributed by atoms with Crippen LogP contribution in [0, 0.1) is 20.8 Å². The van der Waals surface area contributed by atoms with Gasteiger partial charge in [-0.2, -0.15) is 0 Å². The largest absolute Gasteiger partial charge is 0.384 e. The average Bonchev–Trinajstić information content (AvgIpc) is 2.37. The molecule has 106 valence electrons. The standard InChI is InChI=1S/C17H21BrN2/c1-11-8-12(2)17(13(3)9-11)19-10-14(4)15-6-5-7-16(18)20-15/h5-9,14,19H,10H2,1-4H3. The molecule has 0 spiro atoms.